The Morgan fingerprint density at radius 1 is 1.27 bits per heavy atom. The maximum absolute atomic E-state index is 12.8. The molecule has 1 saturated carbocycles. The molecule has 6 heteroatoms. The Hall–Kier alpha value is -0.500. The van der Waals surface area contributed by atoms with E-state index >= 15 is 0 Å². The second-order valence-electron chi connectivity index (χ2n) is 5.28. The number of benzene rings is 1. The summed E-state index contributed by atoms with van der Waals surface area (Å²) in [7, 11) is 1.82. The maximum Gasteiger partial charge on any atom is 0.191 e. The van der Waals surface area contributed by atoms with Crippen LogP contribution in [-0.2, 0) is 0 Å². The Labute approximate surface area is 154 Å². The van der Waals surface area contributed by atoms with Crippen LogP contribution in [-0.4, -0.2) is 31.3 Å². The van der Waals surface area contributed by atoms with Crippen molar-refractivity contribution in [3.63, 3.8) is 0 Å². The predicted molar refractivity (Wildman–Crippen MR) is 104 cm³/mol. The number of nitrogens with zero attached hydrogens (tertiary/aromatic N) is 1. The van der Waals surface area contributed by atoms with Crippen LogP contribution in [0.5, 0.6) is 0 Å². The van der Waals surface area contributed by atoms with Crippen LogP contribution in [0.15, 0.2) is 34.2 Å². The van der Waals surface area contributed by atoms with Gasteiger partial charge in [0.2, 0.25) is 0 Å². The van der Waals surface area contributed by atoms with Crippen molar-refractivity contribution in [2.45, 2.75) is 43.0 Å². The van der Waals surface area contributed by atoms with Gasteiger partial charge in [-0.1, -0.05) is 12.8 Å². The van der Waals surface area contributed by atoms with Gasteiger partial charge < -0.3 is 10.6 Å². The van der Waals surface area contributed by atoms with Gasteiger partial charge in [-0.2, -0.15) is 0 Å². The molecule has 0 radical (unpaired) electrons. The maximum atomic E-state index is 12.8. The summed E-state index contributed by atoms with van der Waals surface area (Å²) in [5.41, 5.74) is 0. The minimum Gasteiger partial charge on any atom is -0.356 e. The van der Waals surface area contributed by atoms with Gasteiger partial charge in [0.15, 0.2) is 5.96 Å². The monoisotopic (exact) mass is 437 g/mol. The van der Waals surface area contributed by atoms with E-state index in [-0.39, 0.29) is 29.8 Å². The Balaban J connectivity index is 0.00000242. The molecule has 0 saturated heterocycles. The van der Waals surface area contributed by atoms with Crippen molar-refractivity contribution in [2.75, 3.05) is 19.3 Å². The highest BCUT2D eigenvalue weighted by Crippen LogP contribution is 2.19. The van der Waals surface area contributed by atoms with Crippen LogP contribution in [0.1, 0.15) is 32.1 Å². The lowest BCUT2D eigenvalue weighted by Gasteiger charge is -2.16. The normalized spacial score (nSPS) is 15.5. The molecular weight excluding hydrogens is 412 g/mol. The Morgan fingerprint density at radius 2 is 1.95 bits per heavy atom. The van der Waals surface area contributed by atoms with Gasteiger partial charge in [0.25, 0.3) is 0 Å². The average Bonchev–Trinajstić information content (AvgIpc) is 3.00. The molecule has 22 heavy (non-hydrogen) atoms. The van der Waals surface area contributed by atoms with Gasteiger partial charge in [0.05, 0.1) is 0 Å². The van der Waals surface area contributed by atoms with Crippen LogP contribution in [0, 0.1) is 5.82 Å². The highest BCUT2D eigenvalue weighted by molar-refractivity contribution is 14.0. The molecule has 0 unspecified atom stereocenters. The number of hydrogen-bond donors (Lipinski definition) is 2. The third kappa shape index (κ3) is 7.17. The van der Waals surface area contributed by atoms with Gasteiger partial charge in [-0.15, -0.1) is 35.7 Å². The van der Waals surface area contributed by atoms with E-state index in [0.29, 0.717) is 6.04 Å². The fourth-order valence-corrected chi connectivity index (χ4v) is 3.31. The van der Waals surface area contributed by atoms with Crippen molar-refractivity contribution < 1.29 is 4.39 Å². The van der Waals surface area contributed by atoms with Gasteiger partial charge in [-0.25, -0.2) is 4.39 Å². The SMILES string of the molecule is CN=C(NCCCSc1ccc(F)cc1)NC1CCCC1.I. The topological polar surface area (TPSA) is 36.4 Å². The van der Waals surface area contributed by atoms with E-state index in [1.165, 1.54) is 37.8 Å². The minimum atomic E-state index is -0.178. The van der Waals surface area contributed by atoms with E-state index in [2.05, 4.69) is 15.6 Å². The largest absolute Gasteiger partial charge is 0.356 e. The number of halogens is 2. The van der Waals surface area contributed by atoms with Gasteiger partial charge in [-0.3, -0.25) is 4.99 Å². The molecule has 1 aliphatic rings. The Kier molecular flexibility index (Phi) is 9.86. The fraction of sp³-hybridized carbons (Fsp3) is 0.562. The summed E-state index contributed by atoms with van der Waals surface area (Å²) in [5, 5.41) is 6.83. The van der Waals surface area contributed by atoms with Crippen LogP contribution >= 0.6 is 35.7 Å². The molecule has 1 aromatic rings. The lowest BCUT2D eigenvalue weighted by molar-refractivity contribution is 0.613. The first-order valence-corrected chi connectivity index (χ1v) is 8.62. The summed E-state index contributed by atoms with van der Waals surface area (Å²) < 4.78 is 12.8. The first kappa shape index (κ1) is 19.5. The van der Waals surface area contributed by atoms with E-state index in [4.69, 9.17) is 0 Å². The number of thioether (sulfide) groups is 1. The molecule has 1 aromatic carbocycles. The van der Waals surface area contributed by atoms with Crippen LogP contribution < -0.4 is 10.6 Å². The molecule has 2 rings (SSSR count). The molecule has 0 heterocycles. The number of rotatable bonds is 6. The van der Waals surface area contributed by atoms with Crippen molar-refractivity contribution in [3.05, 3.63) is 30.1 Å². The first-order chi connectivity index (χ1) is 10.3. The van der Waals surface area contributed by atoms with Crippen molar-refractivity contribution in [2.24, 2.45) is 4.99 Å². The zero-order valence-corrected chi connectivity index (χ0v) is 16.1. The number of guanidine groups is 1. The van der Waals surface area contributed by atoms with Gasteiger partial charge >= 0.3 is 0 Å². The highest BCUT2D eigenvalue weighted by Gasteiger charge is 2.15. The molecule has 3 nitrogen and oxygen atoms in total. The molecule has 0 aromatic heterocycles. The quantitative estimate of drug-likeness (QED) is 0.232. The summed E-state index contributed by atoms with van der Waals surface area (Å²) in [6, 6.07) is 7.26. The third-order valence-electron chi connectivity index (χ3n) is 3.62. The van der Waals surface area contributed by atoms with Crippen molar-refractivity contribution in [1.82, 2.24) is 10.6 Å². The minimum absolute atomic E-state index is 0. The predicted octanol–water partition coefficient (Wildman–Crippen LogP) is 4.03. The second-order valence-corrected chi connectivity index (χ2v) is 6.45. The van der Waals surface area contributed by atoms with Crippen LogP contribution in [0.25, 0.3) is 0 Å². The van der Waals surface area contributed by atoms with E-state index in [0.717, 1.165) is 29.6 Å². The summed E-state index contributed by atoms with van der Waals surface area (Å²) in [6.45, 7) is 0.903. The first-order valence-electron chi connectivity index (χ1n) is 7.63. The van der Waals surface area contributed by atoms with Crippen LogP contribution in [0.2, 0.25) is 0 Å². The van der Waals surface area contributed by atoms with E-state index in [1.54, 1.807) is 11.8 Å². The van der Waals surface area contributed by atoms with E-state index in [9.17, 15) is 4.39 Å². The molecule has 0 amide bonds. The molecule has 0 bridgehead atoms. The summed E-state index contributed by atoms with van der Waals surface area (Å²) >= 11 is 1.75. The van der Waals surface area contributed by atoms with Crippen molar-refractivity contribution >= 4 is 41.7 Å². The Morgan fingerprint density at radius 3 is 2.59 bits per heavy atom. The molecule has 0 atom stereocenters. The van der Waals surface area contributed by atoms with Gasteiger partial charge in [0.1, 0.15) is 5.82 Å². The van der Waals surface area contributed by atoms with E-state index < -0.39 is 0 Å². The van der Waals surface area contributed by atoms with Gasteiger partial charge in [0, 0.05) is 24.5 Å². The average molecular weight is 437 g/mol. The molecule has 1 aliphatic carbocycles. The van der Waals surface area contributed by atoms with E-state index in [1.807, 2.05) is 19.2 Å². The highest BCUT2D eigenvalue weighted by atomic mass is 127. The number of nitrogens with one attached hydrogen (secondary N) is 2. The lowest BCUT2D eigenvalue weighted by atomic mass is 10.2. The third-order valence-corrected chi connectivity index (χ3v) is 4.71. The summed E-state index contributed by atoms with van der Waals surface area (Å²) in [6.07, 6.45) is 6.20. The van der Waals surface area contributed by atoms with Crippen molar-refractivity contribution in [1.29, 1.82) is 0 Å². The molecule has 0 aliphatic heterocycles. The second kappa shape index (κ2) is 11.1. The van der Waals surface area contributed by atoms with Crippen molar-refractivity contribution in [3.8, 4) is 0 Å². The summed E-state index contributed by atoms with van der Waals surface area (Å²) in [5.74, 6) is 1.75. The molecule has 0 spiro atoms. The Bertz CT molecular complexity index is 447. The van der Waals surface area contributed by atoms with Crippen LogP contribution in [0.3, 0.4) is 0 Å². The summed E-state index contributed by atoms with van der Waals surface area (Å²) in [4.78, 5) is 5.38. The van der Waals surface area contributed by atoms with Gasteiger partial charge in [-0.05, 0) is 49.3 Å². The zero-order chi connectivity index (χ0) is 14.9. The van der Waals surface area contributed by atoms with Crippen LogP contribution in [0.4, 0.5) is 4.39 Å². The smallest absolute Gasteiger partial charge is 0.191 e. The lowest BCUT2D eigenvalue weighted by Crippen LogP contribution is -2.42. The number of aliphatic imine (C=N–C) groups is 1. The fourth-order valence-electron chi connectivity index (χ4n) is 2.46. The molecule has 124 valence electrons. The standard InChI is InChI=1S/C16H24FN3S.HI/c1-18-16(20-14-5-2-3-6-14)19-11-4-12-21-15-9-7-13(17)8-10-15;/h7-10,14H,2-6,11-12H2,1H3,(H2,18,19,20);1H. The molecular formula is C16H25FIN3S. The molecule has 2 N–H and O–H groups in total. The molecule has 1 fully saturated rings. The zero-order valence-electron chi connectivity index (χ0n) is 13.0. The number of hydrogen-bond acceptors (Lipinski definition) is 2.